The lowest BCUT2D eigenvalue weighted by molar-refractivity contribution is -0.0250. The van der Waals surface area contributed by atoms with Gasteiger partial charge in [-0.1, -0.05) is 43.2 Å². The van der Waals surface area contributed by atoms with Crippen LogP contribution in [0, 0.1) is 17.8 Å². The Morgan fingerprint density at radius 2 is 1.79 bits per heavy atom. The maximum atomic E-state index is 6.17. The normalized spacial score (nSPS) is 30.5. The van der Waals surface area contributed by atoms with E-state index in [4.69, 9.17) is 9.73 Å². The molecule has 4 rings (SSSR count). The molecule has 2 aliphatic heterocycles. The number of rotatable bonds is 4. The summed E-state index contributed by atoms with van der Waals surface area (Å²) in [5.74, 6) is 3.37. The van der Waals surface area contributed by atoms with E-state index in [0.29, 0.717) is 5.92 Å². The Bertz CT molecular complexity index is 610. The minimum absolute atomic E-state index is 0. The minimum Gasteiger partial charge on any atom is -0.373 e. The molecule has 4 atom stereocenters. The average Bonchev–Trinajstić information content (AvgIpc) is 3.16. The lowest BCUT2D eigenvalue weighted by atomic mass is 9.82. The van der Waals surface area contributed by atoms with Crippen LogP contribution in [0.2, 0.25) is 0 Å². The summed E-state index contributed by atoms with van der Waals surface area (Å²) in [6.45, 7) is 7.23. The number of hydrogen-bond acceptors (Lipinski definition) is 2. The fourth-order valence-electron chi connectivity index (χ4n) is 5.25. The monoisotopic (exact) mass is 497 g/mol. The molecule has 0 spiro atoms. The summed E-state index contributed by atoms with van der Waals surface area (Å²) >= 11 is 0. The van der Waals surface area contributed by atoms with E-state index in [-0.39, 0.29) is 30.1 Å². The van der Waals surface area contributed by atoms with Gasteiger partial charge in [0.05, 0.1) is 6.10 Å². The van der Waals surface area contributed by atoms with Crippen molar-refractivity contribution in [1.29, 1.82) is 0 Å². The maximum Gasteiger partial charge on any atom is 0.193 e. The number of aliphatic imine (C=N–C) groups is 1. The van der Waals surface area contributed by atoms with E-state index in [1.54, 1.807) is 0 Å². The van der Waals surface area contributed by atoms with Gasteiger partial charge in [0.1, 0.15) is 0 Å². The van der Waals surface area contributed by atoms with Crippen LogP contribution in [0.25, 0.3) is 0 Å². The molecule has 1 aromatic rings. The van der Waals surface area contributed by atoms with Crippen molar-refractivity contribution in [3.63, 3.8) is 0 Å². The van der Waals surface area contributed by atoms with Crippen LogP contribution in [-0.2, 0) is 4.74 Å². The van der Waals surface area contributed by atoms with Gasteiger partial charge in [0.15, 0.2) is 5.96 Å². The number of likely N-dealkylation sites (tertiary alicyclic amines) is 1. The molecule has 4 nitrogen and oxygen atoms in total. The molecule has 2 heterocycles. The van der Waals surface area contributed by atoms with Crippen LogP contribution in [0.5, 0.6) is 0 Å². The molecular weight excluding hydrogens is 461 g/mol. The fraction of sp³-hybridized carbons (Fsp3) is 0.696. The molecule has 1 saturated carbocycles. The highest BCUT2D eigenvalue weighted by Gasteiger charge is 2.36. The molecule has 1 aromatic carbocycles. The first-order valence-electron chi connectivity index (χ1n) is 11.0. The van der Waals surface area contributed by atoms with Gasteiger partial charge < -0.3 is 15.0 Å². The van der Waals surface area contributed by atoms with Crippen molar-refractivity contribution in [3.8, 4) is 0 Å². The summed E-state index contributed by atoms with van der Waals surface area (Å²) in [6.07, 6.45) is 8.19. The van der Waals surface area contributed by atoms with Crippen LogP contribution in [0.1, 0.15) is 57.1 Å². The second kappa shape index (κ2) is 10.8. The second-order valence-electron chi connectivity index (χ2n) is 8.51. The van der Waals surface area contributed by atoms with Crippen molar-refractivity contribution in [2.75, 3.05) is 32.8 Å². The number of halogens is 1. The summed E-state index contributed by atoms with van der Waals surface area (Å²) in [6, 6.07) is 10.7. The van der Waals surface area contributed by atoms with E-state index >= 15 is 0 Å². The third-order valence-corrected chi connectivity index (χ3v) is 6.66. The molecule has 4 unspecified atom stereocenters. The van der Waals surface area contributed by atoms with Gasteiger partial charge >= 0.3 is 0 Å². The first-order valence-corrected chi connectivity index (χ1v) is 11.0. The van der Waals surface area contributed by atoms with Crippen LogP contribution < -0.4 is 5.32 Å². The van der Waals surface area contributed by atoms with Gasteiger partial charge in [-0.15, -0.1) is 24.0 Å². The number of nitrogens with zero attached hydrogens (tertiary/aromatic N) is 2. The fourth-order valence-corrected chi connectivity index (χ4v) is 5.25. The lowest BCUT2D eigenvalue weighted by Crippen LogP contribution is -2.41. The van der Waals surface area contributed by atoms with Gasteiger partial charge in [-0.2, -0.15) is 0 Å². The van der Waals surface area contributed by atoms with E-state index in [0.717, 1.165) is 43.9 Å². The number of hydrogen-bond donors (Lipinski definition) is 1. The van der Waals surface area contributed by atoms with Gasteiger partial charge in [0.25, 0.3) is 0 Å². The Kier molecular flexibility index (Phi) is 8.45. The van der Waals surface area contributed by atoms with E-state index < -0.39 is 0 Å². The summed E-state index contributed by atoms with van der Waals surface area (Å²) < 4.78 is 6.17. The number of ether oxygens (including phenoxy) is 1. The van der Waals surface area contributed by atoms with Gasteiger partial charge in [-0.05, 0) is 50.0 Å². The molecule has 0 radical (unpaired) electrons. The quantitative estimate of drug-likeness (QED) is 0.367. The van der Waals surface area contributed by atoms with Crippen LogP contribution in [0.15, 0.2) is 35.3 Å². The summed E-state index contributed by atoms with van der Waals surface area (Å²) in [5, 5.41) is 3.56. The zero-order chi connectivity index (χ0) is 18.5. The van der Waals surface area contributed by atoms with Crippen LogP contribution in [0.4, 0.5) is 0 Å². The first-order chi connectivity index (χ1) is 13.3. The largest absolute Gasteiger partial charge is 0.373 e. The smallest absolute Gasteiger partial charge is 0.193 e. The summed E-state index contributed by atoms with van der Waals surface area (Å²) in [5.41, 5.74) is 1.30. The number of nitrogens with one attached hydrogen (secondary N) is 1. The molecule has 0 bridgehead atoms. The highest BCUT2D eigenvalue weighted by molar-refractivity contribution is 14.0. The highest BCUT2D eigenvalue weighted by Crippen LogP contribution is 2.36. The standard InChI is InChI=1S/C23H35N3O.HI/c1-2-24-23(26-16-20-11-6-7-12-21(20)17-26)25-15-19-13-8-14-27-22(19)18-9-4-3-5-10-18;/h3-5,9-10,19-22H,2,6-8,11-17H2,1H3,(H,24,25);1H. The van der Waals surface area contributed by atoms with Gasteiger partial charge in [-0.25, -0.2) is 0 Å². The van der Waals surface area contributed by atoms with Crippen molar-refractivity contribution < 1.29 is 4.74 Å². The third kappa shape index (κ3) is 5.21. The molecule has 28 heavy (non-hydrogen) atoms. The lowest BCUT2D eigenvalue weighted by Gasteiger charge is -2.32. The van der Waals surface area contributed by atoms with E-state index in [1.165, 1.54) is 50.8 Å². The predicted octanol–water partition coefficient (Wildman–Crippen LogP) is 4.86. The number of guanidine groups is 1. The SMILES string of the molecule is CCNC(=NCC1CCCOC1c1ccccc1)N1CC2CCCCC2C1.I. The number of benzene rings is 1. The van der Waals surface area contributed by atoms with Crippen molar-refractivity contribution in [2.45, 2.75) is 51.6 Å². The van der Waals surface area contributed by atoms with Crippen molar-refractivity contribution >= 4 is 29.9 Å². The van der Waals surface area contributed by atoms with Gasteiger partial charge in [0.2, 0.25) is 0 Å². The van der Waals surface area contributed by atoms with Crippen LogP contribution in [-0.4, -0.2) is 43.6 Å². The summed E-state index contributed by atoms with van der Waals surface area (Å²) in [7, 11) is 0. The maximum absolute atomic E-state index is 6.17. The Hall–Kier alpha value is -0.820. The Morgan fingerprint density at radius 1 is 1.07 bits per heavy atom. The molecule has 0 aromatic heterocycles. The van der Waals surface area contributed by atoms with Crippen molar-refractivity contribution in [2.24, 2.45) is 22.7 Å². The molecule has 3 aliphatic rings. The zero-order valence-corrected chi connectivity index (χ0v) is 19.5. The van der Waals surface area contributed by atoms with E-state index in [1.807, 2.05) is 0 Å². The van der Waals surface area contributed by atoms with Crippen molar-refractivity contribution in [1.82, 2.24) is 10.2 Å². The molecule has 0 amide bonds. The minimum atomic E-state index is 0. The van der Waals surface area contributed by atoms with Crippen LogP contribution in [0.3, 0.4) is 0 Å². The zero-order valence-electron chi connectivity index (χ0n) is 17.2. The second-order valence-corrected chi connectivity index (χ2v) is 8.51. The molecule has 2 saturated heterocycles. The Labute approximate surface area is 187 Å². The van der Waals surface area contributed by atoms with E-state index in [2.05, 4.69) is 47.5 Å². The predicted molar refractivity (Wildman–Crippen MR) is 126 cm³/mol. The Balaban J connectivity index is 0.00000225. The van der Waals surface area contributed by atoms with Crippen molar-refractivity contribution in [3.05, 3.63) is 35.9 Å². The van der Waals surface area contributed by atoms with Crippen LogP contribution >= 0.6 is 24.0 Å². The highest BCUT2D eigenvalue weighted by atomic mass is 127. The van der Waals surface area contributed by atoms with Gasteiger partial charge in [0, 0.05) is 38.7 Å². The molecule has 1 aliphatic carbocycles. The molecule has 3 fully saturated rings. The number of fused-ring (bicyclic) bond motifs is 1. The Morgan fingerprint density at radius 3 is 2.46 bits per heavy atom. The van der Waals surface area contributed by atoms with E-state index in [9.17, 15) is 0 Å². The summed E-state index contributed by atoms with van der Waals surface area (Å²) in [4.78, 5) is 7.64. The molecule has 1 N–H and O–H groups in total. The topological polar surface area (TPSA) is 36.9 Å². The molecule has 5 heteroatoms. The van der Waals surface area contributed by atoms with Gasteiger partial charge in [-0.3, -0.25) is 4.99 Å². The average molecular weight is 497 g/mol. The first kappa shape index (κ1) is 21.9. The molecule has 156 valence electrons. The molecular formula is C23H36IN3O. The third-order valence-electron chi connectivity index (χ3n) is 6.66.